The van der Waals surface area contributed by atoms with Crippen LogP contribution in [0.15, 0.2) is 79.1 Å². The van der Waals surface area contributed by atoms with Crippen molar-refractivity contribution in [1.82, 2.24) is 19.9 Å². The third-order valence-electron chi connectivity index (χ3n) is 6.74. The van der Waals surface area contributed by atoms with E-state index in [0.29, 0.717) is 36.6 Å². The van der Waals surface area contributed by atoms with Gasteiger partial charge in [0.15, 0.2) is 0 Å². The molecule has 0 aliphatic carbocycles. The van der Waals surface area contributed by atoms with Gasteiger partial charge in [-0.05, 0) is 97.5 Å². The van der Waals surface area contributed by atoms with Gasteiger partial charge in [0.05, 0.1) is 12.4 Å². The first kappa shape index (κ1) is 26.0. The molecule has 8 nitrogen and oxygen atoms in total. The topological polar surface area (TPSA) is 89.4 Å². The SMILES string of the molecule is Cc1cc(F)ccc1C[C@@H]1C[C@@H](C(=O)Nc2ccc(Oc3ccc(F)cc3)cc2)N(C(=O)Cn2nccn2)C1. The number of benzene rings is 3. The van der Waals surface area contributed by atoms with Gasteiger partial charge in [-0.1, -0.05) is 6.07 Å². The molecule has 3 aromatic carbocycles. The van der Waals surface area contributed by atoms with Crippen molar-refractivity contribution in [3.8, 4) is 11.5 Å². The number of aryl methyl sites for hydroxylation is 1. The molecule has 4 aromatic rings. The number of nitrogens with zero attached hydrogens (tertiary/aromatic N) is 4. The summed E-state index contributed by atoms with van der Waals surface area (Å²) in [5, 5.41) is 10.9. The maximum atomic E-state index is 13.6. The molecule has 2 amide bonds. The molecule has 2 atom stereocenters. The zero-order valence-corrected chi connectivity index (χ0v) is 21.3. The second kappa shape index (κ2) is 11.4. The van der Waals surface area contributed by atoms with E-state index in [1.807, 2.05) is 6.92 Å². The molecule has 1 aromatic heterocycles. The molecule has 0 unspecified atom stereocenters. The van der Waals surface area contributed by atoms with E-state index in [4.69, 9.17) is 4.74 Å². The Hall–Kier alpha value is -4.60. The summed E-state index contributed by atoms with van der Waals surface area (Å²) in [6.07, 6.45) is 4.07. The Morgan fingerprint density at radius 1 is 0.949 bits per heavy atom. The summed E-state index contributed by atoms with van der Waals surface area (Å²) >= 11 is 0. The van der Waals surface area contributed by atoms with Crippen molar-refractivity contribution in [2.24, 2.45) is 5.92 Å². The molecule has 1 saturated heterocycles. The number of hydrogen-bond acceptors (Lipinski definition) is 5. The first-order valence-corrected chi connectivity index (χ1v) is 12.6. The molecule has 5 rings (SSSR count). The van der Waals surface area contributed by atoms with Crippen LogP contribution in [0.4, 0.5) is 14.5 Å². The van der Waals surface area contributed by atoms with Gasteiger partial charge in [-0.3, -0.25) is 9.59 Å². The minimum absolute atomic E-state index is 0.0194. The van der Waals surface area contributed by atoms with Crippen molar-refractivity contribution in [2.75, 3.05) is 11.9 Å². The summed E-state index contributed by atoms with van der Waals surface area (Å²) in [6, 6.07) is 16.5. The lowest BCUT2D eigenvalue weighted by molar-refractivity contribution is -0.137. The fourth-order valence-electron chi connectivity index (χ4n) is 4.80. The van der Waals surface area contributed by atoms with Crippen LogP contribution in [0.3, 0.4) is 0 Å². The molecule has 0 spiro atoms. The van der Waals surface area contributed by atoms with Gasteiger partial charge >= 0.3 is 0 Å². The normalized spacial score (nSPS) is 16.7. The number of ether oxygens (including phenoxy) is 1. The van der Waals surface area contributed by atoms with E-state index in [0.717, 1.165) is 11.1 Å². The quantitative estimate of drug-likeness (QED) is 0.354. The van der Waals surface area contributed by atoms with E-state index in [1.165, 1.54) is 53.6 Å². The maximum Gasteiger partial charge on any atom is 0.247 e. The van der Waals surface area contributed by atoms with Crippen LogP contribution in [0.25, 0.3) is 0 Å². The largest absolute Gasteiger partial charge is 0.457 e. The summed E-state index contributed by atoms with van der Waals surface area (Å²) in [5.41, 5.74) is 2.37. The van der Waals surface area contributed by atoms with Gasteiger partial charge in [-0.2, -0.15) is 15.0 Å². The van der Waals surface area contributed by atoms with Crippen LogP contribution >= 0.6 is 0 Å². The molecule has 1 N–H and O–H groups in total. The molecule has 1 aliphatic rings. The van der Waals surface area contributed by atoms with Gasteiger partial charge in [0.2, 0.25) is 11.8 Å². The Morgan fingerprint density at radius 3 is 2.26 bits per heavy atom. The van der Waals surface area contributed by atoms with Crippen LogP contribution in [-0.2, 0) is 22.6 Å². The summed E-state index contributed by atoms with van der Waals surface area (Å²) in [5.74, 6) is -0.171. The first-order valence-electron chi connectivity index (χ1n) is 12.6. The number of anilines is 1. The number of nitrogens with one attached hydrogen (secondary N) is 1. The molecular formula is C29H27F2N5O3. The lowest BCUT2D eigenvalue weighted by Gasteiger charge is -2.24. The molecule has 1 fully saturated rings. The fourth-order valence-corrected chi connectivity index (χ4v) is 4.80. The fraction of sp³-hybridized carbons (Fsp3) is 0.241. The average molecular weight is 532 g/mol. The van der Waals surface area contributed by atoms with Crippen molar-refractivity contribution in [3.05, 3.63) is 102 Å². The predicted octanol–water partition coefficient (Wildman–Crippen LogP) is 4.76. The lowest BCUT2D eigenvalue weighted by Crippen LogP contribution is -2.44. The number of carbonyl (C=O) groups excluding carboxylic acids is 2. The maximum absolute atomic E-state index is 13.6. The van der Waals surface area contributed by atoms with E-state index in [-0.39, 0.29) is 35.9 Å². The number of rotatable bonds is 8. The van der Waals surface area contributed by atoms with Crippen molar-refractivity contribution in [1.29, 1.82) is 0 Å². The predicted molar refractivity (Wildman–Crippen MR) is 140 cm³/mol. The Morgan fingerprint density at radius 2 is 1.59 bits per heavy atom. The Balaban J connectivity index is 1.28. The summed E-state index contributed by atoms with van der Waals surface area (Å²) in [7, 11) is 0. The van der Waals surface area contributed by atoms with Gasteiger partial charge in [-0.25, -0.2) is 8.78 Å². The Bertz CT molecular complexity index is 1440. The van der Waals surface area contributed by atoms with E-state index < -0.39 is 6.04 Å². The zero-order chi connectivity index (χ0) is 27.4. The molecule has 39 heavy (non-hydrogen) atoms. The Kier molecular flexibility index (Phi) is 7.62. The van der Waals surface area contributed by atoms with Crippen LogP contribution in [-0.4, -0.2) is 44.3 Å². The average Bonchev–Trinajstić information content (AvgIpc) is 3.58. The van der Waals surface area contributed by atoms with E-state index in [1.54, 1.807) is 35.2 Å². The van der Waals surface area contributed by atoms with Gasteiger partial charge in [0.25, 0.3) is 0 Å². The molecule has 0 bridgehead atoms. The molecule has 200 valence electrons. The minimum Gasteiger partial charge on any atom is -0.457 e. The van der Waals surface area contributed by atoms with E-state index in [9.17, 15) is 18.4 Å². The van der Waals surface area contributed by atoms with Crippen molar-refractivity contribution in [2.45, 2.75) is 32.4 Å². The van der Waals surface area contributed by atoms with Crippen LogP contribution in [0, 0.1) is 24.5 Å². The van der Waals surface area contributed by atoms with Crippen LogP contribution in [0.5, 0.6) is 11.5 Å². The number of hydrogen-bond donors (Lipinski definition) is 1. The highest BCUT2D eigenvalue weighted by atomic mass is 19.1. The number of amides is 2. The highest BCUT2D eigenvalue weighted by Crippen LogP contribution is 2.30. The van der Waals surface area contributed by atoms with E-state index in [2.05, 4.69) is 15.5 Å². The van der Waals surface area contributed by atoms with Gasteiger partial charge in [-0.15, -0.1) is 0 Å². The second-order valence-electron chi connectivity index (χ2n) is 9.57. The van der Waals surface area contributed by atoms with Crippen molar-refractivity contribution < 1.29 is 23.1 Å². The monoisotopic (exact) mass is 531 g/mol. The van der Waals surface area contributed by atoms with Crippen LogP contribution in [0.2, 0.25) is 0 Å². The minimum atomic E-state index is -0.686. The smallest absolute Gasteiger partial charge is 0.247 e. The molecular weight excluding hydrogens is 504 g/mol. The standard InChI is InChI=1S/C29H27F2N5O3/c1-19-14-23(31)3-2-21(19)15-20-16-27(35(17-20)28(37)18-36-32-12-13-33-36)29(38)34-24-6-10-26(11-7-24)39-25-8-4-22(30)5-9-25/h2-14,20,27H,15-18H2,1H3,(H,34,38)/t20-,27+/m1/s1. The first-order chi connectivity index (χ1) is 18.8. The molecule has 0 saturated carbocycles. The second-order valence-corrected chi connectivity index (χ2v) is 9.57. The van der Waals surface area contributed by atoms with Crippen molar-refractivity contribution in [3.63, 3.8) is 0 Å². The van der Waals surface area contributed by atoms with Gasteiger partial charge in [0.1, 0.15) is 35.7 Å². The zero-order valence-electron chi connectivity index (χ0n) is 21.3. The molecule has 0 radical (unpaired) electrons. The number of aromatic nitrogens is 3. The van der Waals surface area contributed by atoms with Crippen LogP contribution in [0.1, 0.15) is 17.5 Å². The summed E-state index contributed by atoms with van der Waals surface area (Å²) in [6.45, 7) is 2.17. The summed E-state index contributed by atoms with van der Waals surface area (Å²) < 4.78 is 32.4. The van der Waals surface area contributed by atoms with Gasteiger partial charge in [0, 0.05) is 12.2 Å². The number of carbonyl (C=O) groups is 2. The molecule has 1 aliphatic heterocycles. The highest BCUT2D eigenvalue weighted by Gasteiger charge is 2.39. The number of halogens is 2. The van der Waals surface area contributed by atoms with E-state index >= 15 is 0 Å². The third-order valence-corrected chi connectivity index (χ3v) is 6.74. The number of likely N-dealkylation sites (tertiary alicyclic amines) is 1. The highest BCUT2D eigenvalue weighted by molar-refractivity contribution is 5.97. The lowest BCUT2D eigenvalue weighted by atomic mass is 9.94. The molecule has 2 heterocycles. The van der Waals surface area contributed by atoms with Crippen molar-refractivity contribution >= 4 is 17.5 Å². The van der Waals surface area contributed by atoms with Gasteiger partial charge < -0.3 is 15.0 Å². The Labute approximate surface area is 224 Å². The van der Waals surface area contributed by atoms with Crippen LogP contribution < -0.4 is 10.1 Å². The molecule has 10 heteroatoms. The third kappa shape index (κ3) is 6.46. The summed E-state index contributed by atoms with van der Waals surface area (Å²) in [4.78, 5) is 29.4.